The Hall–Kier alpha value is -1.66. The second kappa shape index (κ2) is 6.62. The molecule has 0 aliphatic carbocycles. The molecule has 1 aliphatic rings. The van der Waals surface area contributed by atoms with Crippen LogP contribution in [0.25, 0.3) is 5.69 Å². The van der Waals surface area contributed by atoms with Crippen molar-refractivity contribution < 1.29 is 14.3 Å². The molecule has 0 N–H and O–H groups in total. The van der Waals surface area contributed by atoms with E-state index in [1.807, 2.05) is 25.1 Å². The Morgan fingerprint density at radius 1 is 1.50 bits per heavy atom. The number of esters is 1. The highest BCUT2D eigenvalue weighted by molar-refractivity contribution is 9.10. The van der Waals surface area contributed by atoms with Gasteiger partial charge in [0.05, 0.1) is 34.6 Å². The molecule has 1 aromatic heterocycles. The van der Waals surface area contributed by atoms with Crippen LogP contribution in [0.1, 0.15) is 23.7 Å². The van der Waals surface area contributed by atoms with E-state index in [9.17, 15) is 4.79 Å². The molecule has 116 valence electrons. The number of hydrogen-bond acceptors (Lipinski definition) is 4. The van der Waals surface area contributed by atoms with Crippen LogP contribution in [-0.2, 0) is 9.47 Å². The Labute approximate surface area is 137 Å². The molecule has 22 heavy (non-hydrogen) atoms. The van der Waals surface area contributed by atoms with Gasteiger partial charge in [0.25, 0.3) is 0 Å². The first kappa shape index (κ1) is 15.2. The van der Waals surface area contributed by atoms with Crippen LogP contribution in [0.2, 0.25) is 0 Å². The number of carbonyl (C=O) groups excluding carboxylic acids is 1. The molecule has 1 aliphatic heterocycles. The van der Waals surface area contributed by atoms with Crippen molar-refractivity contribution in [3.05, 3.63) is 46.7 Å². The standard InChI is InChI=1S/C16H17BrN2O3/c1-11-12(6-7-21-11)10-22-16(20)14-4-2-3-5-15(14)19-9-13(17)8-18-19/h2-5,8-9,11-12H,6-7,10H2,1H3. The summed E-state index contributed by atoms with van der Waals surface area (Å²) in [6, 6.07) is 7.29. The molecule has 0 spiro atoms. The van der Waals surface area contributed by atoms with Crippen molar-refractivity contribution >= 4 is 21.9 Å². The zero-order valence-electron chi connectivity index (χ0n) is 12.2. The SMILES string of the molecule is CC1OCCC1COC(=O)c1ccccc1-n1cc(Br)cn1. The average Bonchev–Trinajstić information content (AvgIpc) is 3.13. The van der Waals surface area contributed by atoms with Crippen LogP contribution in [0.15, 0.2) is 41.1 Å². The molecule has 3 rings (SSSR count). The van der Waals surface area contributed by atoms with Crippen LogP contribution in [-0.4, -0.2) is 35.1 Å². The maximum absolute atomic E-state index is 12.4. The van der Waals surface area contributed by atoms with E-state index < -0.39 is 0 Å². The van der Waals surface area contributed by atoms with Crippen molar-refractivity contribution in [3.63, 3.8) is 0 Å². The van der Waals surface area contributed by atoms with E-state index in [1.165, 1.54) is 0 Å². The number of rotatable bonds is 4. The predicted octanol–water partition coefficient (Wildman–Crippen LogP) is 3.22. The molecular weight excluding hydrogens is 348 g/mol. The normalized spacial score (nSPS) is 21.0. The Bertz CT molecular complexity index is 671. The number of hydrogen-bond donors (Lipinski definition) is 0. The summed E-state index contributed by atoms with van der Waals surface area (Å²) in [6.07, 6.45) is 4.56. The lowest BCUT2D eigenvalue weighted by Gasteiger charge is -2.15. The third kappa shape index (κ3) is 3.23. The summed E-state index contributed by atoms with van der Waals surface area (Å²) in [5, 5.41) is 4.22. The van der Waals surface area contributed by atoms with Gasteiger partial charge in [-0.3, -0.25) is 0 Å². The van der Waals surface area contributed by atoms with Gasteiger partial charge in [-0.25, -0.2) is 9.48 Å². The molecule has 1 saturated heterocycles. The molecule has 1 aromatic carbocycles. The third-order valence-corrected chi connectivity index (χ3v) is 4.29. The van der Waals surface area contributed by atoms with Crippen molar-refractivity contribution in [1.29, 1.82) is 0 Å². The zero-order valence-corrected chi connectivity index (χ0v) is 13.8. The monoisotopic (exact) mass is 364 g/mol. The molecule has 2 atom stereocenters. The van der Waals surface area contributed by atoms with Gasteiger partial charge in [0.1, 0.15) is 0 Å². The van der Waals surface area contributed by atoms with Crippen LogP contribution in [0.3, 0.4) is 0 Å². The first-order valence-electron chi connectivity index (χ1n) is 7.23. The van der Waals surface area contributed by atoms with E-state index >= 15 is 0 Å². The Morgan fingerprint density at radius 2 is 2.32 bits per heavy atom. The minimum atomic E-state index is -0.332. The van der Waals surface area contributed by atoms with Crippen molar-refractivity contribution in [2.75, 3.05) is 13.2 Å². The highest BCUT2D eigenvalue weighted by atomic mass is 79.9. The summed E-state index contributed by atoms with van der Waals surface area (Å²) in [5.74, 6) is -0.0590. The summed E-state index contributed by atoms with van der Waals surface area (Å²) in [6.45, 7) is 3.14. The molecule has 0 radical (unpaired) electrons. The third-order valence-electron chi connectivity index (χ3n) is 3.88. The smallest absolute Gasteiger partial charge is 0.340 e. The van der Waals surface area contributed by atoms with Crippen LogP contribution >= 0.6 is 15.9 Å². The topological polar surface area (TPSA) is 53.4 Å². The predicted molar refractivity (Wildman–Crippen MR) is 85.1 cm³/mol. The molecule has 5 nitrogen and oxygen atoms in total. The van der Waals surface area contributed by atoms with E-state index in [0.717, 1.165) is 17.5 Å². The van der Waals surface area contributed by atoms with Gasteiger partial charge in [0, 0.05) is 18.7 Å². The maximum Gasteiger partial charge on any atom is 0.340 e. The second-order valence-electron chi connectivity index (χ2n) is 5.34. The van der Waals surface area contributed by atoms with E-state index in [0.29, 0.717) is 17.9 Å². The van der Waals surface area contributed by atoms with Crippen molar-refractivity contribution in [2.45, 2.75) is 19.4 Å². The van der Waals surface area contributed by atoms with Crippen LogP contribution in [0, 0.1) is 5.92 Å². The van der Waals surface area contributed by atoms with Gasteiger partial charge in [-0.1, -0.05) is 12.1 Å². The minimum Gasteiger partial charge on any atom is -0.462 e. The molecule has 2 heterocycles. The second-order valence-corrected chi connectivity index (χ2v) is 6.26. The Balaban J connectivity index is 1.75. The van der Waals surface area contributed by atoms with Crippen LogP contribution < -0.4 is 0 Å². The fraction of sp³-hybridized carbons (Fsp3) is 0.375. The van der Waals surface area contributed by atoms with Gasteiger partial charge in [-0.2, -0.15) is 5.10 Å². The van der Waals surface area contributed by atoms with Gasteiger partial charge in [0.15, 0.2) is 0 Å². The Morgan fingerprint density at radius 3 is 3.00 bits per heavy atom. The summed E-state index contributed by atoms with van der Waals surface area (Å²) in [4.78, 5) is 12.4. The van der Waals surface area contributed by atoms with E-state index in [-0.39, 0.29) is 18.0 Å². The lowest BCUT2D eigenvalue weighted by molar-refractivity contribution is 0.0344. The van der Waals surface area contributed by atoms with Crippen LogP contribution in [0.4, 0.5) is 0 Å². The lowest BCUT2D eigenvalue weighted by Crippen LogP contribution is -2.20. The molecule has 0 saturated carbocycles. The number of nitrogens with zero attached hydrogens (tertiary/aromatic N) is 2. The lowest BCUT2D eigenvalue weighted by atomic mass is 10.0. The van der Waals surface area contributed by atoms with Gasteiger partial charge in [-0.15, -0.1) is 0 Å². The highest BCUT2D eigenvalue weighted by Crippen LogP contribution is 2.22. The number of benzene rings is 1. The van der Waals surface area contributed by atoms with E-state index in [1.54, 1.807) is 23.1 Å². The molecule has 2 aromatic rings. The van der Waals surface area contributed by atoms with Gasteiger partial charge >= 0.3 is 5.97 Å². The molecule has 6 heteroatoms. The summed E-state index contributed by atoms with van der Waals surface area (Å²) in [7, 11) is 0. The van der Waals surface area contributed by atoms with E-state index in [2.05, 4.69) is 21.0 Å². The first-order valence-corrected chi connectivity index (χ1v) is 8.03. The summed E-state index contributed by atoms with van der Waals surface area (Å²) in [5.41, 5.74) is 1.21. The fourth-order valence-corrected chi connectivity index (χ4v) is 2.82. The first-order chi connectivity index (χ1) is 10.6. The maximum atomic E-state index is 12.4. The number of para-hydroxylation sites is 1. The number of aromatic nitrogens is 2. The minimum absolute atomic E-state index is 0.144. The molecule has 1 fully saturated rings. The van der Waals surface area contributed by atoms with Crippen molar-refractivity contribution in [2.24, 2.45) is 5.92 Å². The number of halogens is 1. The molecular formula is C16H17BrN2O3. The van der Waals surface area contributed by atoms with Gasteiger partial charge in [0.2, 0.25) is 0 Å². The summed E-state index contributed by atoms with van der Waals surface area (Å²) < 4.78 is 13.5. The summed E-state index contributed by atoms with van der Waals surface area (Å²) >= 11 is 3.36. The zero-order chi connectivity index (χ0) is 15.5. The molecule has 0 amide bonds. The van der Waals surface area contributed by atoms with Crippen LogP contribution in [0.5, 0.6) is 0 Å². The molecule has 0 bridgehead atoms. The fourth-order valence-electron chi connectivity index (χ4n) is 2.53. The van der Waals surface area contributed by atoms with Crippen molar-refractivity contribution in [1.82, 2.24) is 9.78 Å². The van der Waals surface area contributed by atoms with Gasteiger partial charge < -0.3 is 9.47 Å². The average molecular weight is 365 g/mol. The quantitative estimate of drug-likeness (QED) is 0.781. The Kier molecular flexibility index (Phi) is 4.59. The highest BCUT2D eigenvalue weighted by Gasteiger charge is 2.26. The van der Waals surface area contributed by atoms with Crippen molar-refractivity contribution in [3.8, 4) is 5.69 Å². The number of ether oxygens (including phenoxy) is 2. The number of carbonyl (C=O) groups is 1. The van der Waals surface area contributed by atoms with E-state index in [4.69, 9.17) is 9.47 Å². The molecule has 2 unspecified atom stereocenters. The largest absolute Gasteiger partial charge is 0.462 e. The van der Waals surface area contributed by atoms with Gasteiger partial charge in [-0.05, 0) is 41.4 Å².